The van der Waals surface area contributed by atoms with Gasteiger partial charge in [-0.05, 0) is 24.3 Å². The molecule has 0 heterocycles. The summed E-state index contributed by atoms with van der Waals surface area (Å²) in [5, 5.41) is 11.5. The van der Waals surface area contributed by atoms with Crippen molar-refractivity contribution in [2.45, 2.75) is 6.42 Å². The Bertz CT molecular complexity index is 779. The lowest BCUT2D eigenvalue weighted by atomic mass is 10.2. The first kappa shape index (κ1) is 17.4. The molecule has 0 bridgehead atoms. The van der Waals surface area contributed by atoms with Crippen LogP contribution in [0, 0.1) is 10.1 Å². The van der Waals surface area contributed by atoms with Crippen LogP contribution in [0.15, 0.2) is 48.5 Å². The quantitative estimate of drug-likeness (QED) is 0.357. The molecule has 1 amide bonds. The zero-order chi connectivity index (χ0) is 17.7. The maximum absolute atomic E-state index is 12.6. The van der Waals surface area contributed by atoms with E-state index in [1.807, 2.05) is 0 Å². The summed E-state index contributed by atoms with van der Waals surface area (Å²) in [6.07, 6.45) is -0.560. The maximum Gasteiger partial charge on any atom is 0.315 e. The van der Waals surface area contributed by atoms with E-state index < -0.39 is 23.2 Å². The summed E-state index contributed by atoms with van der Waals surface area (Å²) >= 11 is 5.94. The molecule has 0 saturated heterocycles. The van der Waals surface area contributed by atoms with Gasteiger partial charge in [0.25, 0.3) is 5.69 Å². The van der Waals surface area contributed by atoms with Gasteiger partial charge in [0.05, 0.1) is 12.0 Å². The number of halogens is 1. The van der Waals surface area contributed by atoms with Crippen LogP contribution in [-0.4, -0.2) is 23.9 Å². The van der Waals surface area contributed by atoms with Crippen LogP contribution in [0.4, 0.5) is 17.1 Å². The fourth-order valence-electron chi connectivity index (χ4n) is 2.10. The van der Waals surface area contributed by atoms with Gasteiger partial charge in [0, 0.05) is 16.8 Å². The van der Waals surface area contributed by atoms with Crippen molar-refractivity contribution in [2.75, 3.05) is 12.0 Å². The molecule has 2 aromatic rings. The first-order chi connectivity index (χ1) is 11.4. The second kappa shape index (κ2) is 7.56. The third-order valence-electron chi connectivity index (χ3n) is 3.16. The molecule has 0 aliphatic rings. The lowest BCUT2D eigenvalue weighted by Crippen LogP contribution is -2.29. The molecule has 0 aromatic heterocycles. The highest BCUT2D eigenvalue weighted by Gasteiger charge is 2.27. The van der Waals surface area contributed by atoms with Crippen LogP contribution in [0.1, 0.15) is 6.42 Å². The molecule has 0 spiro atoms. The molecular weight excluding hydrogens is 336 g/mol. The number of nitro groups is 1. The minimum Gasteiger partial charge on any atom is -0.469 e. The Balaban J connectivity index is 2.59. The van der Waals surface area contributed by atoms with Crippen molar-refractivity contribution in [1.29, 1.82) is 0 Å². The summed E-state index contributed by atoms with van der Waals surface area (Å²) in [5.41, 5.74) is 0.0471. The molecule has 0 radical (unpaired) electrons. The minimum atomic E-state index is -0.745. The van der Waals surface area contributed by atoms with Crippen molar-refractivity contribution in [2.24, 2.45) is 0 Å². The highest BCUT2D eigenvalue weighted by molar-refractivity contribution is 6.31. The first-order valence-corrected chi connectivity index (χ1v) is 7.20. The highest BCUT2D eigenvalue weighted by Crippen LogP contribution is 2.36. The van der Waals surface area contributed by atoms with E-state index in [1.165, 1.54) is 18.2 Å². The van der Waals surface area contributed by atoms with Crippen molar-refractivity contribution < 1.29 is 19.2 Å². The number of hydrogen-bond acceptors (Lipinski definition) is 5. The van der Waals surface area contributed by atoms with E-state index in [-0.39, 0.29) is 16.4 Å². The Hall–Kier alpha value is -2.93. The zero-order valence-corrected chi connectivity index (χ0v) is 13.4. The zero-order valence-electron chi connectivity index (χ0n) is 12.6. The van der Waals surface area contributed by atoms with E-state index in [9.17, 15) is 19.7 Å². The van der Waals surface area contributed by atoms with Crippen molar-refractivity contribution in [1.82, 2.24) is 0 Å². The summed E-state index contributed by atoms with van der Waals surface area (Å²) in [6, 6.07) is 12.1. The van der Waals surface area contributed by atoms with Gasteiger partial charge in [0.1, 0.15) is 12.1 Å². The molecule has 124 valence electrons. The Morgan fingerprint density at radius 2 is 1.88 bits per heavy atom. The number of ether oxygens (including phenoxy) is 1. The minimum absolute atomic E-state index is 0.0207. The number of anilines is 2. The summed E-state index contributed by atoms with van der Waals surface area (Å²) in [5.74, 6) is -1.41. The first-order valence-electron chi connectivity index (χ1n) is 6.83. The van der Waals surface area contributed by atoms with Gasteiger partial charge >= 0.3 is 5.97 Å². The van der Waals surface area contributed by atoms with Gasteiger partial charge in [-0.15, -0.1) is 0 Å². The Labute approximate surface area is 142 Å². The predicted octanol–water partition coefficient (Wildman–Crippen LogP) is 3.48. The van der Waals surface area contributed by atoms with Gasteiger partial charge in [-0.1, -0.05) is 29.8 Å². The number of hydrogen-bond donors (Lipinski definition) is 0. The fourth-order valence-corrected chi connectivity index (χ4v) is 2.27. The van der Waals surface area contributed by atoms with Crippen LogP contribution in [0.25, 0.3) is 0 Å². The average Bonchev–Trinajstić information content (AvgIpc) is 2.55. The molecule has 8 heteroatoms. The third kappa shape index (κ3) is 3.88. The number of rotatable bonds is 5. The third-order valence-corrected chi connectivity index (χ3v) is 3.40. The molecule has 0 N–H and O–H groups in total. The monoisotopic (exact) mass is 348 g/mol. The summed E-state index contributed by atoms with van der Waals surface area (Å²) < 4.78 is 4.50. The second-order valence-electron chi connectivity index (χ2n) is 4.71. The number of amides is 1. The van der Waals surface area contributed by atoms with E-state index in [1.54, 1.807) is 30.3 Å². The number of esters is 1. The van der Waals surface area contributed by atoms with Crippen molar-refractivity contribution in [3.8, 4) is 0 Å². The molecule has 2 rings (SSSR count). The van der Waals surface area contributed by atoms with Crippen LogP contribution >= 0.6 is 11.6 Å². The van der Waals surface area contributed by atoms with Crippen LogP contribution in [0.3, 0.4) is 0 Å². The van der Waals surface area contributed by atoms with Crippen molar-refractivity contribution in [3.63, 3.8) is 0 Å². The topological polar surface area (TPSA) is 89.8 Å². The molecule has 0 aliphatic carbocycles. The van der Waals surface area contributed by atoms with Gasteiger partial charge in [0.15, 0.2) is 0 Å². The van der Waals surface area contributed by atoms with Crippen LogP contribution in [0.5, 0.6) is 0 Å². The van der Waals surface area contributed by atoms with Gasteiger partial charge in [0.2, 0.25) is 5.91 Å². The van der Waals surface area contributed by atoms with Gasteiger partial charge in [-0.25, -0.2) is 0 Å². The van der Waals surface area contributed by atoms with Crippen LogP contribution in [0.2, 0.25) is 5.02 Å². The van der Waals surface area contributed by atoms with Gasteiger partial charge in [-0.2, -0.15) is 0 Å². The van der Waals surface area contributed by atoms with E-state index in [4.69, 9.17) is 11.6 Å². The largest absolute Gasteiger partial charge is 0.469 e. The molecule has 0 atom stereocenters. The molecule has 2 aromatic carbocycles. The Morgan fingerprint density at radius 1 is 1.21 bits per heavy atom. The van der Waals surface area contributed by atoms with E-state index in [0.717, 1.165) is 12.0 Å². The molecule has 24 heavy (non-hydrogen) atoms. The number of methoxy groups -OCH3 is 1. The average molecular weight is 349 g/mol. The molecule has 7 nitrogen and oxygen atoms in total. The Kier molecular flexibility index (Phi) is 5.49. The summed E-state index contributed by atoms with van der Waals surface area (Å²) in [7, 11) is 1.16. The van der Waals surface area contributed by atoms with Crippen LogP contribution in [-0.2, 0) is 14.3 Å². The fraction of sp³-hybridized carbons (Fsp3) is 0.125. The van der Waals surface area contributed by atoms with Crippen molar-refractivity contribution >= 4 is 40.5 Å². The number of para-hydroxylation sites is 1. The summed E-state index contributed by atoms with van der Waals surface area (Å²) in [4.78, 5) is 35.8. The molecule has 0 fully saturated rings. The predicted molar refractivity (Wildman–Crippen MR) is 88.3 cm³/mol. The second-order valence-corrected chi connectivity index (χ2v) is 5.14. The molecule has 0 aliphatic heterocycles. The summed E-state index contributed by atoms with van der Waals surface area (Å²) in [6.45, 7) is 0. The normalized spacial score (nSPS) is 10.1. The van der Waals surface area contributed by atoms with E-state index >= 15 is 0 Å². The number of benzene rings is 2. The lowest BCUT2D eigenvalue weighted by molar-refractivity contribution is -0.384. The van der Waals surface area contributed by atoms with Gasteiger partial charge in [-0.3, -0.25) is 24.6 Å². The van der Waals surface area contributed by atoms with Crippen molar-refractivity contribution in [3.05, 3.63) is 63.7 Å². The van der Waals surface area contributed by atoms with Gasteiger partial charge < -0.3 is 4.74 Å². The number of nitrogens with zero attached hydrogens (tertiary/aromatic N) is 2. The number of nitro benzene ring substituents is 1. The van der Waals surface area contributed by atoms with Crippen LogP contribution < -0.4 is 4.90 Å². The number of carbonyl (C=O) groups excluding carboxylic acids is 2. The smallest absolute Gasteiger partial charge is 0.315 e. The SMILES string of the molecule is COC(=O)CC(=O)N(c1ccccc1)c1cc(Cl)ccc1[N+](=O)[O-]. The standard InChI is InChI=1S/C16H13ClN2O5/c1-24-16(21)10-15(20)18(12-5-3-2-4-6-12)14-9-11(17)7-8-13(14)19(22)23/h2-9H,10H2,1H3. The lowest BCUT2D eigenvalue weighted by Gasteiger charge is -2.22. The Morgan fingerprint density at radius 3 is 2.46 bits per heavy atom. The molecule has 0 unspecified atom stereocenters. The van der Waals surface area contributed by atoms with E-state index in [2.05, 4.69) is 4.74 Å². The molecule has 0 saturated carbocycles. The van der Waals surface area contributed by atoms with E-state index in [0.29, 0.717) is 5.69 Å². The maximum atomic E-state index is 12.6. The molecular formula is C16H13ClN2O5. The highest BCUT2D eigenvalue weighted by atomic mass is 35.5. The number of carbonyl (C=O) groups is 2.